The molecule has 0 fully saturated rings. The smallest absolute Gasteiger partial charge is 0.462 e. The molecule has 111 heavy (non-hydrogen) atoms. The zero-order valence-corrected chi connectivity index (χ0v) is 75.2. The quantitative estimate of drug-likeness (QED) is 0.0222. The Morgan fingerprint density at radius 3 is 0.613 bits per heavy atom. The lowest BCUT2D eigenvalue weighted by Crippen LogP contribution is -2.30. The van der Waals surface area contributed by atoms with Gasteiger partial charge >= 0.3 is 39.5 Å². The predicted molar refractivity (Wildman–Crippen MR) is 460 cm³/mol. The third-order valence-electron chi connectivity index (χ3n) is 21.6. The first kappa shape index (κ1) is 109. The lowest BCUT2D eigenvalue weighted by atomic mass is 10.0. The zero-order chi connectivity index (χ0) is 81.5. The molecule has 0 aliphatic heterocycles. The maximum absolute atomic E-state index is 13.2. The lowest BCUT2D eigenvalue weighted by molar-refractivity contribution is -0.161. The van der Waals surface area contributed by atoms with Crippen LogP contribution in [-0.4, -0.2) is 96.7 Å². The van der Waals surface area contributed by atoms with Gasteiger partial charge in [-0.25, -0.2) is 9.13 Å². The summed E-state index contributed by atoms with van der Waals surface area (Å²) in [6, 6.07) is 0. The number of hydrogen-bond donors (Lipinski definition) is 3. The normalized spacial score (nSPS) is 13.8. The number of unbranched alkanes of at least 4 members (excludes halogenated alkanes) is 58. The van der Waals surface area contributed by atoms with Gasteiger partial charge in [0, 0.05) is 25.7 Å². The maximum atomic E-state index is 13.2. The Labute approximate surface area is 683 Å². The molecular formula is C92H180O17P2. The van der Waals surface area contributed by atoms with Crippen molar-refractivity contribution in [2.75, 3.05) is 39.6 Å². The Morgan fingerprint density at radius 1 is 0.243 bits per heavy atom. The number of esters is 4. The van der Waals surface area contributed by atoms with Gasteiger partial charge in [-0.05, 0) is 43.4 Å². The molecular weight excluding hydrogens is 1440 g/mol. The van der Waals surface area contributed by atoms with Crippen LogP contribution in [0.15, 0.2) is 0 Å². The van der Waals surface area contributed by atoms with Crippen LogP contribution in [-0.2, 0) is 65.4 Å². The number of aliphatic hydroxyl groups excluding tert-OH is 1. The highest BCUT2D eigenvalue weighted by Crippen LogP contribution is 2.45. The van der Waals surface area contributed by atoms with Crippen molar-refractivity contribution in [3.05, 3.63) is 0 Å². The van der Waals surface area contributed by atoms with E-state index in [2.05, 4.69) is 48.5 Å². The van der Waals surface area contributed by atoms with Gasteiger partial charge in [0.25, 0.3) is 0 Å². The van der Waals surface area contributed by atoms with Crippen LogP contribution in [0.4, 0.5) is 0 Å². The fourth-order valence-corrected chi connectivity index (χ4v) is 16.0. The van der Waals surface area contributed by atoms with Crippen LogP contribution in [0, 0.1) is 17.8 Å². The first-order valence-electron chi connectivity index (χ1n) is 47.3. The van der Waals surface area contributed by atoms with Gasteiger partial charge in [-0.3, -0.25) is 37.3 Å². The summed E-state index contributed by atoms with van der Waals surface area (Å²) in [6.45, 7) is 12.1. The number of aliphatic hydroxyl groups is 1. The summed E-state index contributed by atoms with van der Waals surface area (Å²) in [6.07, 6.45) is 75.1. The molecule has 17 nitrogen and oxygen atoms in total. The average molecular weight is 1620 g/mol. The summed E-state index contributed by atoms with van der Waals surface area (Å²) in [5, 5.41) is 10.7. The molecule has 0 bridgehead atoms. The molecule has 0 aliphatic carbocycles. The van der Waals surface area contributed by atoms with E-state index < -0.39 is 97.5 Å². The molecule has 660 valence electrons. The molecule has 3 N–H and O–H groups in total. The number of carbonyl (C=O) groups excluding carboxylic acids is 4. The van der Waals surface area contributed by atoms with Crippen molar-refractivity contribution in [1.29, 1.82) is 0 Å². The monoisotopic (exact) mass is 1620 g/mol. The van der Waals surface area contributed by atoms with Gasteiger partial charge in [0.1, 0.15) is 19.3 Å². The van der Waals surface area contributed by atoms with Gasteiger partial charge in [-0.2, -0.15) is 0 Å². The second-order valence-electron chi connectivity index (χ2n) is 34.5. The maximum Gasteiger partial charge on any atom is 0.472 e. The third kappa shape index (κ3) is 85.8. The lowest BCUT2D eigenvalue weighted by Gasteiger charge is -2.21. The van der Waals surface area contributed by atoms with Crippen molar-refractivity contribution in [3.8, 4) is 0 Å². The fraction of sp³-hybridized carbons (Fsp3) is 0.957. The topological polar surface area (TPSA) is 237 Å². The number of ether oxygens (including phenoxy) is 4. The van der Waals surface area contributed by atoms with Gasteiger partial charge in [0.05, 0.1) is 26.4 Å². The van der Waals surface area contributed by atoms with Crippen molar-refractivity contribution < 1.29 is 80.2 Å². The summed E-state index contributed by atoms with van der Waals surface area (Å²) in [7, 11) is -9.94. The van der Waals surface area contributed by atoms with Crippen molar-refractivity contribution in [2.45, 2.75) is 510 Å². The van der Waals surface area contributed by atoms with E-state index >= 15 is 0 Å². The number of phosphoric acid groups is 2. The highest BCUT2D eigenvalue weighted by Gasteiger charge is 2.31. The molecule has 2 unspecified atom stereocenters. The molecule has 0 radical (unpaired) electrons. The molecule has 0 spiro atoms. The third-order valence-corrected chi connectivity index (χ3v) is 23.5. The van der Waals surface area contributed by atoms with Crippen molar-refractivity contribution in [2.24, 2.45) is 17.8 Å². The standard InChI is InChI=1S/C92H180O17P2/c1-8-9-10-11-12-13-14-15-16-17-18-19-20-21-29-34-39-46-54-61-68-75-91(96)108-87(79-102-89(94)73-66-59-52-45-38-33-28-24-22-26-31-36-42-49-56-63-70-83(2)3)81-106-110(98,99)104-77-86(93)78-105-111(100,101)107-82-88(80-103-90(95)74-67-60-53-48-41-44-51-58-65-72-85(6)7)109-92(97)76-69-62-55-47-40-35-30-25-23-27-32-37-43-50-57-64-71-84(4)5/h83-88,93H,8-82H2,1-7H3,(H,98,99)(H,100,101)/t86-,87-,88-/m1/s1. The van der Waals surface area contributed by atoms with Crippen LogP contribution < -0.4 is 0 Å². The van der Waals surface area contributed by atoms with Gasteiger partial charge < -0.3 is 33.8 Å². The minimum Gasteiger partial charge on any atom is -0.462 e. The van der Waals surface area contributed by atoms with Gasteiger partial charge in [-0.15, -0.1) is 0 Å². The van der Waals surface area contributed by atoms with E-state index in [1.165, 1.54) is 302 Å². The minimum atomic E-state index is -4.97. The van der Waals surface area contributed by atoms with E-state index in [9.17, 15) is 43.2 Å². The van der Waals surface area contributed by atoms with Gasteiger partial charge in [0.15, 0.2) is 12.2 Å². The summed E-state index contributed by atoms with van der Waals surface area (Å²) in [4.78, 5) is 73.5. The Bertz CT molecular complexity index is 2130. The predicted octanol–water partition coefficient (Wildman–Crippen LogP) is 28.4. The molecule has 19 heteroatoms. The van der Waals surface area contributed by atoms with E-state index in [0.717, 1.165) is 108 Å². The Kier molecular flexibility index (Phi) is 80.4. The zero-order valence-electron chi connectivity index (χ0n) is 73.4. The second-order valence-corrected chi connectivity index (χ2v) is 37.4. The van der Waals surface area contributed by atoms with Gasteiger partial charge in [0.2, 0.25) is 0 Å². The highest BCUT2D eigenvalue weighted by atomic mass is 31.2. The van der Waals surface area contributed by atoms with Crippen molar-refractivity contribution in [1.82, 2.24) is 0 Å². The molecule has 0 aromatic heterocycles. The second kappa shape index (κ2) is 81.8. The molecule has 0 aromatic carbocycles. The Balaban J connectivity index is 5.25. The van der Waals surface area contributed by atoms with Crippen LogP contribution in [0.1, 0.15) is 492 Å². The first-order chi connectivity index (χ1) is 53.7. The van der Waals surface area contributed by atoms with Crippen molar-refractivity contribution >= 4 is 39.5 Å². The molecule has 0 rings (SSSR count). The fourth-order valence-electron chi connectivity index (χ4n) is 14.4. The van der Waals surface area contributed by atoms with Crippen LogP contribution in [0.25, 0.3) is 0 Å². The van der Waals surface area contributed by atoms with E-state index in [-0.39, 0.29) is 25.7 Å². The molecule has 5 atom stereocenters. The Hall–Kier alpha value is -1.94. The molecule has 0 aliphatic rings. The largest absolute Gasteiger partial charge is 0.472 e. The number of carbonyl (C=O) groups is 4. The number of hydrogen-bond acceptors (Lipinski definition) is 15. The SMILES string of the molecule is CCCCCCCCCCCCCCCCCCCCCCCC(=O)O[C@H](COC(=O)CCCCCCCCCCCCCCCCCCC(C)C)COP(=O)(O)OC[C@@H](O)COP(=O)(O)OC[C@@H](COC(=O)CCCCCCCCCCCC(C)C)OC(=O)CCCCCCCCCCCCCCCCCCC(C)C. The number of phosphoric ester groups is 2. The first-order valence-corrected chi connectivity index (χ1v) is 50.3. The van der Waals surface area contributed by atoms with Gasteiger partial charge in [-0.1, -0.05) is 440 Å². The molecule has 0 heterocycles. The van der Waals surface area contributed by atoms with Crippen LogP contribution >= 0.6 is 15.6 Å². The van der Waals surface area contributed by atoms with E-state index in [1.807, 2.05) is 0 Å². The minimum absolute atomic E-state index is 0.108. The van der Waals surface area contributed by atoms with E-state index in [1.54, 1.807) is 0 Å². The van der Waals surface area contributed by atoms with E-state index in [0.29, 0.717) is 25.7 Å². The molecule has 0 saturated carbocycles. The van der Waals surface area contributed by atoms with Crippen LogP contribution in [0.5, 0.6) is 0 Å². The molecule has 0 saturated heterocycles. The summed E-state index contributed by atoms with van der Waals surface area (Å²) in [5.41, 5.74) is 0. The van der Waals surface area contributed by atoms with Crippen molar-refractivity contribution in [3.63, 3.8) is 0 Å². The van der Waals surface area contributed by atoms with Crippen LogP contribution in [0.2, 0.25) is 0 Å². The molecule has 0 amide bonds. The van der Waals surface area contributed by atoms with E-state index in [4.69, 9.17) is 37.0 Å². The average Bonchev–Trinajstić information content (AvgIpc) is 0.900. The summed E-state index contributed by atoms with van der Waals surface area (Å²) in [5.74, 6) is 0.268. The highest BCUT2D eigenvalue weighted by molar-refractivity contribution is 7.47. The summed E-state index contributed by atoms with van der Waals surface area (Å²) < 4.78 is 69.1. The molecule has 0 aromatic rings. The Morgan fingerprint density at radius 2 is 0.414 bits per heavy atom. The van der Waals surface area contributed by atoms with Crippen LogP contribution in [0.3, 0.4) is 0 Å². The number of rotatable bonds is 90. The summed E-state index contributed by atoms with van der Waals surface area (Å²) >= 11 is 0.